The predicted octanol–water partition coefficient (Wildman–Crippen LogP) is 3.41. The molecule has 0 bridgehead atoms. The first-order valence-corrected chi connectivity index (χ1v) is 10.5. The number of urea groups is 1. The molecule has 1 aromatic rings. The van der Waals surface area contributed by atoms with Crippen LogP contribution in [0.15, 0.2) is 0 Å². The molecular formula is C18H24F3N5O3S. The lowest BCUT2D eigenvalue weighted by molar-refractivity contribution is -0.138. The van der Waals surface area contributed by atoms with Crippen molar-refractivity contribution in [3.63, 3.8) is 0 Å². The molecular weight excluding hydrogens is 423 g/mol. The molecule has 1 aliphatic carbocycles. The van der Waals surface area contributed by atoms with Gasteiger partial charge in [-0.3, -0.25) is 19.8 Å². The summed E-state index contributed by atoms with van der Waals surface area (Å²) in [5.74, 6) is -0.847. The van der Waals surface area contributed by atoms with Crippen LogP contribution in [0.3, 0.4) is 0 Å². The van der Waals surface area contributed by atoms with Crippen molar-refractivity contribution in [2.45, 2.75) is 64.6 Å². The summed E-state index contributed by atoms with van der Waals surface area (Å²) in [7, 11) is 0. The molecule has 1 saturated carbocycles. The van der Waals surface area contributed by atoms with E-state index in [0.29, 0.717) is 18.8 Å². The Labute approximate surface area is 175 Å². The minimum atomic E-state index is -4.66. The van der Waals surface area contributed by atoms with Crippen molar-refractivity contribution >= 4 is 34.3 Å². The second-order valence-electron chi connectivity index (χ2n) is 8.48. The molecule has 1 aromatic heterocycles. The molecule has 0 radical (unpaired) electrons. The second kappa shape index (κ2) is 7.78. The molecule has 2 heterocycles. The van der Waals surface area contributed by atoms with Crippen LogP contribution in [-0.2, 0) is 15.8 Å². The highest BCUT2D eigenvalue weighted by atomic mass is 32.1. The second-order valence-corrected chi connectivity index (χ2v) is 9.46. The van der Waals surface area contributed by atoms with E-state index in [9.17, 15) is 27.6 Å². The molecule has 12 heteroatoms. The Morgan fingerprint density at radius 3 is 2.43 bits per heavy atom. The Kier molecular flexibility index (Phi) is 5.82. The maximum Gasteiger partial charge on any atom is 0.445 e. The summed E-state index contributed by atoms with van der Waals surface area (Å²) in [5, 5.41) is 9.59. The molecule has 0 unspecified atom stereocenters. The first-order valence-electron chi connectivity index (χ1n) is 9.72. The van der Waals surface area contributed by atoms with Crippen LogP contribution >= 0.6 is 11.3 Å². The molecule has 3 rings (SSSR count). The summed E-state index contributed by atoms with van der Waals surface area (Å²) in [6.07, 6.45) is -1.08. The molecule has 4 amide bonds. The summed E-state index contributed by atoms with van der Waals surface area (Å²) >= 11 is 0.171. The lowest BCUT2D eigenvalue weighted by Crippen LogP contribution is -2.51. The molecule has 1 saturated heterocycles. The van der Waals surface area contributed by atoms with E-state index in [1.807, 2.05) is 0 Å². The van der Waals surface area contributed by atoms with Crippen molar-refractivity contribution in [2.75, 3.05) is 11.9 Å². The lowest BCUT2D eigenvalue weighted by atomic mass is 9.65. The van der Waals surface area contributed by atoms with Crippen LogP contribution in [0.1, 0.15) is 57.9 Å². The Bertz CT molecular complexity index is 846. The maximum atomic E-state index is 12.9. The summed E-state index contributed by atoms with van der Waals surface area (Å²) in [6, 6.07) is -0.670. The number of hydrogen-bond acceptors (Lipinski definition) is 6. The van der Waals surface area contributed by atoms with Crippen LogP contribution < -0.4 is 10.6 Å². The van der Waals surface area contributed by atoms with E-state index in [2.05, 4.69) is 41.6 Å². The van der Waals surface area contributed by atoms with Crippen LogP contribution in [0, 0.1) is 11.3 Å². The zero-order valence-corrected chi connectivity index (χ0v) is 17.7. The first kappa shape index (κ1) is 22.4. The van der Waals surface area contributed by atoms with E-state index in [1.165, 1.54) is 0 Å². The molecule has 2 aliphatic rings. The fourth-order valence-corrected chi connectivity index (χ4v) is 4.66. The number of anilines is 1. The van der Waals surface area contributed by atoms with Gasteiger partial charge in [-0.15, -0.1) is 10.2 Å². The normalized spacial score (nSPS) is 25.0. The molecule has 2 fully saturated rings. The van der Waals surface area contributed by atoms with Crippen LogP contribution in [0.5, 0.6) is 0 Å². The number of carbonyl (C=O) groups is 3. The fraction of sp³-hybridized carbons (Fsp3) is 0.722. The van der Waals surface area contributed by atoms with Gasteiger partial charge in [-0.1, -0.05) is 38.5 Å². The Balaban J connectivity index is 1.61. The van der Waals surface area contributed by atoms with Crippen LogP contribution in [0.4, 0.5) is 23.1 Å². The number of amides is 4. The summed E-state index contributed by atoms with van der Waals surface area (Å²) < 4.78 is 37.8. The summed E-state index contributed by atoms with van der Waals surface area (Å²) in [4.78, 5) is 38.3. The van der Waals surface area contributed by atoms with Gasteiger partial charge in [-0.05, 0) is 37.0 Å². The molecule has 166 valence electrons. The van der Waals surface area contributed by atoms with Gasteiger partial charge in [0.15, 0.2) is 0 Å². The Morgan fingerprint density at radius 2 is 1.90 bits per heavy atom. The molecule has 2 N–H and O–H groups in total. The van der Waals surface area contributed by atoms with Gasteiger partial charge in [-0.2, -0.15) is 13.2 Å². The maximum absolute atomic E-state index is 12.9. The number of imide groups is 1. The first-order chi connectivity index (χ1) is 13.9. The van der Waals surface area contributed by atoms with Gasteiger partial charge < -0.3 is 5.32 Å². The minimum absolute atomic E-state index is 0.143. The van der Waals surface area contributed by atoms with E-state index in [4.69, 9.17) is 0 Å². The van der Waals surface area contributed by atoms with Crippen molar-refractivity contribution in [2.24, 2.45) is 11.3 Å². The van der Waals surface area contributed by atoms with Crippen LogP contribution in [0.25, 0.3) is 0 Å². The number of aromatic nitrogens is 2. The van der Waals surface area contributed by atoms with E-state index in [1.54, 1.807) is 0 Å². The number of carbonyl (C=O) groups excluding carboxylic acids is 3. The highest BCUT2D eigenvalue weighted by Gasteiger charge is 2.53. The van der Waals surface area contributed by atoms with Gasteiger partial charge in [0.2, 0.25) is 16.0 Å². The minimum Gasteiger partial charge on any atom is -0.323 e. The van der Waals surface area contributed by atoms with Crippen LogP contribution in [0.2, 0.25) is 0 Å². The van der Waals surface area contributed by atoms with E-state index in [0.717, 1.165) is 24.2 Å². The van der Waals surface area contributed by atoms with Crippen molar-refractivity contribution in [1.29, 1.82) is 0 Å². The Hall–Kier alpha value is -2.24. The highest BCUT2D eigenvalue weighted by Crippen LogP contribution is 2.45. The van der Waals surface area contributed by atoms with Crippen molar-refractivity contribution in [3.8, 4) is 0 Å². The van der Waals surface area contributed by atoms with Gasteiger partial charge in [-0.25, -0.2) is 4.79 Å². The number of nitrogens with zero attached hydrogens (tertiary/aromatic N) is 3. The SMILES string of the molecule is CCC(C)(C)C1CCC2(CC1)NC(=O)N(CC(=O)Nc1nnc(C(F)(F)F)s1)C2=O. The average Bonchev–Trinajstić information content (AvgIpc) is 3.21. The monoisotopic (exact) mass is 447 g/mol. The molecule has 0 atom stereocenters. The standard InChI is InChI=1S/C18H24F3N5O3S/c1-4-16(2,3)10-5-7-17(8-6-10)13(28)26(15(29)23-17)9-11(27)22-14-25-24-12(30-14)18(19,20)21/h10H,4-9H2,1-3H3,(H,23,29)(H,22,25,27). The van der Waals surface area contributed by atoms with Gasteiger partial charge >= 0.3 is 12.2 Å². The van der Waals surface area contributed by atoms with Crippen molar-refractivity contribution < 1.29 is 27.6 Å². The molecule has 30 heavy (non-hydrogen) atoms. The van der Waals surface area contributed by atoms with Gasteiger partial charge in [0.25, 0.3) is 5.91 Å². The molecule has 8 nitrogen and oxygen atoms in total. The summed E-state index contributed by atoms with van der Waals surface area (Å²) in [6.45, 7) is 5.91. The number of rotatable bonds is 5. The zero-order chi connectivity index (χ0) is 22.3. The quantitative estimate of drug-likeness (QED) is 0.673. The lowest BCUT2D eigenvalue weighted by Gasteiger charge is -2.42. The van der Waals surface area contributed by atoms with Gasteiger partial charge in [0.05, 0.1) is 0 Å². The topological polar surface area (TPSA) is 104 Å². The number of alkyl halides is 3. The van der Waals surface area contributed by atoms with E-state index < -0.39 is 41.1 Å². The number of nitrogens with one attached hydrogen (secondary N) is 2. The predicted molar refractivity (Wildman–Crippen MR) is 103 cm³/mol. The van der Waals surface area contributed by atoms with E-state index in [-0.39, 0.29) is 21.9 Å². The fourth-order valence-electron chi connectivity index (χ4n) is 4.03. The number of halogens is 3. The smallest absolute Gasteiger partial charge is 0.323 e. The average molecular weight is 447 g/mol. The number of hydrogen-bond donors (Lipinski definition) is 2. The molecule has 1 aliphatic heterocycles. The third kappa shape index (κ3) is 4.28. The van der Waals surface area contributed by atoms with Crippen LogP contribution in [-0.4, -0.2) is 45.0 Å². The highest BCUT2D eigenvalue weighted by molar-refractivity contribution is 7.15. The largest absolute Gasteiger partial charge is 0.445 e. The van der Waals surface area contributed by atoms with E-state index >= 15 is 0 Å². The molecule has 1 spiro atoms. The molecule has 0 aromatic carbocycles. The zero-order valence-electron chi connectivity index (χ0n) is 16.9. The van der Waals surface area contributed by atoms with Gasteiger partial charge in [0.1, 0.15) is 12.1 Å². The van der Waals surface area contributed by atoms with Crippen molar-refractivity contribution in [3.05, 3.63) is 5.01 Å². The van der Waals surface area contributed by atoms with Gasteiger partial charge in [0, 0.05) is 0 Å². The Morgan fingerprint density at radius 1 is 1.27 bits per heavy atom. The third-order valence-electron chi connectivity index (χ3n) is 6.32. The summed E-state index contributed by atoms with van der Waals surface area (Å²) in [5.41, 5.74) is -0.867. The third-order valence-corrected chi connectivity index (χ3v) is 7.20. The van der Waals surface area contributed by atoms with Crippen molar-refractivity contribution in [1.82, 2.24) is 20.4 Å².